The Kier molecular flexibility index (Phi) is 5.16. The van der Waals surface area contributed by atoms with Crippen LogP contribution in [0.2, 0.25) is 0 Å². The molecule has 1 fully saturated rings. The molecule has 1 atom stereocenters. The number of aryl methyl sites for hydroxylation is 1. The van der Waals surface area contributed by atoms with E-state index in [1.807, 2.05) is 6.07 Å². The van der Waals surface area contributed by atoms with E-state index in [1.54, 1.807) is 24.3 Å². The second kappa shape index (κ2) is 8.14. The molecule has 2 amide bonds. The summed E-state index contributed by atoms with van der Waals surface area (Å²) in [6.45, 7) is 1.76. The van der Waals surface area contributed by atoms with Gasteiger partial charge in [0, 0.05) is 18.5 Å². The number of nitrogens with zero attached hydrogens (tertiary/aromatic N) is 3. The predicted molar refractivity (Wildman–Crippen MR) is 119 cm³/mol. The Hall–Kier alpha value is -3.62. The maximum Gasteiger partial charge on any atom is 0.432 e. The number of hydrogen-bond donors (Lipinski definition) is 3. The summed E-state index contributed by atoms with van der Waals surface area (Å²) in [5, 5.41) is 19.3. The van der Waals surface area contributed by atoms with Gasteiger partial charge in [-0.05, 0) is 67.5 Å². The number of carbonyl (C=O) groups is 2. The molecule has 9 heteroatoms. The van der Waals surface area contributed by atoms with Gasteiger partial charge in [-0.15, -0.1) is 0 Å². The Morgan fingerprint density at radius 3 is 2.75 bits per heavy atom. The molecule has 1 aliphatic carbocycles. The maximum absolute atomic E-state index is 14.9. The van der Waals surface area contributed by atoms with E-state index in [4.69, 9.17) is 0 Å². The highest BCUT2D eigenvalue weighted by atomic mass is 19.1. The van der Waals surface area contributed by atoms with Crippen molar-refractivity contribution < 1.29 is 19.1 Å². The van der Waals surface area contributed by atoms with Crippen molar-refractivity contribution >= 4 is 34.4 Å². The van der Waals surface area contributed by atoms with Gasteiger partial charge in [0.05, 0.1) is 29.1 Å². The van der Waals surface area contributed by atoms with Crippen LogP contribution in [0.15, 0.2) is 36.5 Å². The number of urea groups is 1. The zero-order valence-corrected chi connectivity index (χ0v) is 17.5. The molecule has 1 unspecified atom stereocenters. The minimum atomic E-state index is -1.20. The molecule has 5 rings (SSSR count). The van der Waals surface area contributed by atoms with E-state index in [2.05, 4.69) is 20.6 Å². The lowest BCUT2D eigenvalue weighted by atomic mass is 10.0. The molecule has 3 aromatic rings. The highest BCUT2D eigenvalue weighted by molar-refractivity contribution is 6.02. The fraction of sp³-hybridized carbons (Fsp3) is 0.348. The molecular weight excluding hydrogens is 413 g/mol. The average molecular weight is 437 g/mol. The van der Waals surface area contributed by atoms with E-state index in [1.165, 1.54) is 12.6 Å². The second-order valence-corrected chi connectivity index (χ2v) is 8.32. The fourth-order valence-corrected chi connectivity index (χ4v) is 4.77. The van der Waals surface area contributed by atoms with Crippen LogP contribution in [0.5, 0.6) is 0 Å². The first-order valence-corrected chi connectivity index (χ1v) is 10.9. The van der Waals surface area contributed by atoms with Crippen LogP contribution in [0.1, 0.15) is 42.9 Å². The largest absolute Gasteiger partial charge is 0.463 e. The number of carboxylic acid groups (broad SMARTS) is 1. The summed E-state index contributed by atoms with van der Waals surface area (Å²) in [6, 6.07) is 7.75. The van der Waals surface area contributed by atoms with Crippen molar-refractivity contribution in [1.82, 2.24) is 15.1 Å². The van der Waals surface area contributed by atoms with Gasteiger partial charge < -0.3 is 20.6 Å². The molecule has 1 saturated heterocycles. The van der Waals surface area contributed by atoms with Crippen LogP contribution >= 0.6 is 0 Å². The number of hydrogen-bond acceptors (Lipinski definition) is 4. The van der Waals surface area contributed by atoms with Crippen molar-refractivity contribution in [2.45, 2.75) is 38.1 Å². The number of amides is 2. The van der Waals surface area contributed by atoms with Crippen LogP contribution < -0.4 is 15.5 Å². The summed E-state index contributed by atoms with van der Waals surface area (Å²) < 4.78 is 15.8. The van der Waals surface area contributed by atoms with Crippen LogP contribution in [0.4, 0.5) is 25.4 Å². The quantitative estimate of drug-likeness (QED) is 0.560. The summed E-state index contributed by atoms with van der Waals surface area (Å²) in [6.07, 6.45) is 5.04. The molecule has 0 saturated carbocycles. The van der Waals surface area contributed by atoms with Gasteiger partial charge in [0.1, 0.15) is 5.82 Å². The molecule has 32 heavy (non-hydrogen) atoms. The van der Waals surface area contributed by atoms with Gasteiger partial charge >= 0.3 is 12.1 Å². The summed E-state index contributed by atoms with van der Waals surface area (Å²) in [5.74, 6) is -0.245. The Bertz CT molecular complexity index is 1200. The molecule has 2 heterocycles. The Labute approximate surface area is 184 Å². The van der Waals surface area contributed by atoms with Crippen molar-refractivity contribution in [3.8, 4) is 0 Å². The zero-order chi connectivity index (χ0) is 22.2. The summed E-state index contributed by atoms with van der Waals surface area (Å²) >= 11 is 0. The minimum Gasteiger partial charge on any atom is -0.463 e. The number of halogens is 1. The average Bonchev–Trinajstić information content (AvgIpc) is 3.39. The van der Waals surface area contributed by atoms with E-state index in [0.717, 1.165) is 48.2 Å². The van der Waals surface area contributed by atoms with E-state index >= 15 is 0 Å². The Morgan fingerprint density at radius 2 is 1.97 bits per heavy atom. The normalized spacial score (nSPS) is 17.9. The lowest BCUT2D eigenvalue weighted by Crippen LogP contribution is -2.32. The lowest BCUT2D eigenvalue weighted by molar-refractivity contribution is 0.194. The predicted octanol–water partition coefficient (Wildman–Crippen LogP) is 4.50. The van der Waals surface area contributed by atoms with Gasteiger partial charge in [-0.3, -0.25) is 0 Å². The molecule has 8 nitrogen and oxygen atoms in total. The van der Waals surface area contributed by atoms with Crippen molar-refractivity contribution in [1.29, 1.82) is 0 Å². The third-order valence-electron chi connectivity index (χ3n) is 6.33. The topological polar surface area (TPSA) is 99.5 Å². The standard InChI is InChI=1S/C23H24FN5O3/c24-17-12-15-14(11-21(17)28-9-2-1-3-10-28)7-8-19(15)27-22(30)26-18-5-4-6-20-16(18)13-25-29(20)23(31)32/h4-6,11-13,19H,1-3,7-10H2,(H,31,32)(H2,26,27,30). The number of fused-ring (bicyclic) bond motifs is 2. The van der Waals surface area contributed by atoms with E-state index in [-0.39, 0.29) is 11.9 Å². The number of carbonyl (C=O) groups excluding carboxylic acids is 1. The number of aromatic nitrogens is 2. The van der Waals surface area contributed by atoms with Gasteiger partial charge in [0.25, 0.3) is 0 Å². The van der Waals surface area contributed by atoms with Crippen molar-refractivity contribution in [2.75, 3.05) is 23.3 Å². The van der Waals surface area contributed by atoms with E-state index in [9.17, 15) is 19.1 Å². The smallest absolute Gasteiger partial charge is 0.432 e. The van der Waals surface area contributed by atoms with Crippen molar-refractivity contribution in [3.63, 3.8) is 0 Å². The minimum absolute atomic E-state index is 0.245. The number of anilines is 2. The third-order valence-corrected chi connectivity index (χ3v) is 6.33. The summed E-state index contributed by atoms with van der Waals surface area (Å²) in [7, 11) is 0. The molecule has 0 bridgehead atoms. The van der Waals surface area contributed by atoms with Crippen molar-refractivity contribution in [3.05, 3.63) is 53.5 Å². The molecule has 1 aliphatic heterocycles. The van der Waals surface area contributed by atoms with E-state index < -0.39 is 12.1 Å². The highest BCUT2D eigenvalue weighted by Crippen LogP contribution is 2.36. The molecule has 3 N–H and O–H groups in total. The third kappa shape index (κ3) is 3.63. The molecule has 2 aliphatic rings. The van der Waals surface area contributed by atoms with Crippen LogP contribution in [0.25, 0.3) is 10.9 Å². The molecule has 2 aromatic carbocycles. The van der Waals surface area contributed by atoms with Gasteiger partial charge in [-0.2, -0.15) is 9.78 Å². The van der Waals surface area contributed by atoms with Crippen molar-refractivity contribution in [2.24, 2.45) is 0 Å². The summed E-state index contributed by atoms with van der Waals surface area (Å²) in [5.41, 5.74) is 3.39. The fourth-order valence-electron chi connectivity index (χ4n) is 4.77. The molecular formula is C23H24FN5O3. The molecule has 0 radical (unpaired) electrons. The van der Waals surface area contributed by atoms with Crippen LogP contribution in [-0.4, -0.2) is 40.1 Å². The number of piperidine rings is 1. The summed E-state index contributed by atoms with van der Waals surface area (Å²) in [4.78, 5) is 26.1. The zero-order valence-electron chi connectivity index (χ0n) is 17.5. The molecule has 166 valence electrons. The first kappa shape index (κ1) is 20.3. The van der Waals surface area contributed by atoms with Gasteiger partial charge in [-0.25, -0.2) is 14.0 Å². The Balaban J connectivity index is 1.32. The van der Waals surface area contributed by atoms with Crippen LogP contribution in [0, 0.1) is 5.82 Å². The SMILES string of the molecule is O=C(Nc1cccc2c1cnn2C(=O)O)NC1CCc2cc(N3CCCCC3)c(F)cc21. The monoisotopic (exact) mass is 437 g/mol. The Morgan fingerprint density at radius 1 is 1.16 bits per heavy atom. The highest BCUT2D eigenvalue weighted by Gasteiger charge is 2.27. The lowest BCUT2D eigenvalue weighted by Gasteiger charge is -2.29. The van der Waals surface area contributed by atoms with Gasteiger partial charge in [0.15, 0.2) is 0 Å². The van der Waals surface area contributed by atoms with Crippen LogP contribution in [-0.2, 0) is 6.42 Å². The molecule has 1 aromatic heterocycles. The maximum atomic E-state index is 14.9. The number of nitrogens with one attached hydrogen (secondary N) is 2. The van der Waals surface area contributed by atoms with Gasteiger partial charge in [0.2, 0.25) is 0 Å². The molecule has 0 spiro atoms. The first-order valence-electron chi connectivity index (χ1n) is 10.9. The van der Waals surface area contributed by atoms with E-state index in [0.29, 0.717) is 28.7 Å². The number of rotatable bonds is 3. The van der Waals surface area contributed by atoms with Crippen LogP contribution in [0.3, 0.4) is 0 Å². The second-order valence-electron chi connectivity index (χ2n) is 8.32. The van der Waals surface area contributed by atoms with Gasteiger partial charge in [-0.1, -0.05) is 6.07 Å². The number of benzene rings is 2. The first-order chi connectivity index (χ1) is 15.5.